The molecule has 0 radical (unpaired) electrons. The van der Waals surface area contributed by atoms with Gasteiger partial charge in [-0.1, -0.05) is 0 Å². The Kier molecular flexibility index (Phi) is 3.91. The number of carbonyl (C=O) groups is 1. The molecule has 1 aromatic rings. The smallest absolute Gasteiger partial charge is 0.228 e. The Balaban J connectivity index is 1.89. The molecule has 0 atom stereocenters. The van der Waals surface area contributed by atoms with E-state index in [4.69, 9.17) is 0 Å². The van der Waals surface area contributed by atoms with Crippen LogP contribution in [0, 0.1) is 5.92 Å². The lowest BCUT2D eigenvalue weighted by atomic mass is 9.97. The molecule has 0 unspecified atom stereocenters. The maximum Gasteiger partial charge on any atom is 0.228 e. The molecule has 1 aliphatic heterocycles. The number of rotatable bonds is 3. The third kappa shape index (κ3) is 3.54. The number of hydrogen-bond donors (Lipinski definition) is 1. The van der Waals surface area contributed by atoms with Crippen LogP contribution in [-0.2, 0) is 21.9 Å². The van der Waals surface area contributed by atoms with Crippen molar-refractivity contribution in [3.63, 3.8) is 0 Å². The third-order valence-electron chi connectivity index (χ3n) is 3.26. The lowest BCUT2D eigenvalue weighted by Crippen LogP contribution is -2.40. The summed E-state index contributed by atoms with van der Waals surface area (Å²) in [5, 5.41) is 6.83. The van der Waals surface area contributed by atoms with Gasteiger partial charge in [-0.2, -0.15) is 5.10 Å². The van der Waals surface area contributed by atoms with Crippen LogP contribution >= 0.6 is 0 Å². The van der Waals surface area contributed by atoms with Crippen molar-refractivity contribution in [2.75, 3.05) is 24.7 Å². The Bertz CT molecular complexity index is 558. The quantitative estimate of drug-likeness (QED) is 0.849. The maximum absolute atomic E-state index is 12.0. The lowest BCUT2D eigenvalue weighted by Gasteiger charge is -2.29. The van der Waals surface area contributed by atoms with E-state index < -0.39 is 10.0 Å². The Labute approximate surface area is 112 Å². The second-order valence-electron chi connectivity index (χ2n) is 4.80. The number of nitrogens with zero attached hydrogens (tertiary/aromatic N) is 3. The summed E-state index contributed by atoms with van der Waals surface area (Å²) in [5.74, 6) is 0.282. The van der Waals surface area contributed by atoms with Crippen molar-refractivity contribution in [3.8, 4) is 0 Å². The minimum atomic E-state index is -3.14. The molecule has 1 aromatic heterocycles. The molecule has 7 nitrogen and oxygen atoms in total. The van der Waals surface area contributed by atoms with E-state index in [9.17, 15) is 13.2 Å². The summed E-state index contributed by atoms with van der Waals surface area (Å²) >= 11 is 0. The van der Waals surface area contributed by atoms with Crippen LogP contribution in [-0.4, -0.2) is 47.8 Å². The van der Waals surface area contributed by atoms with Crippen molar-refractivity contribution in [2.24, 2.45) is 13.0 Å². The fourth-order valence-electron chi connectivity index (χ4n) is 2.16. The molecular weight excluding hydrogens is 268 g/mol. The number of aromatic nitrogens is 2. The van der Waals surface area contributed by atoms with Gasteiger partial charge in [-0.15, -0.1) is 0 Å². The van der Waals surface area contributed by atoms with Crippen LogP contribution in [0.3, 0.4) is 0 Å². The molecule has 0 bridgehead atoms. The Morgan fingerprint density at radius 1 is 1.42 bits per heavy atom. The van der Waals surface area contributed by atoms with Gasteiger partial charge in [0.05, 0.1) is 6.26 Å². The standard InChI is InChI=1S/C11H18N4O3S/c1-14-6-5-10(13-14)12-11(16)9-3-7-15(8-4-9)19(2,17)18/h5-6,9H,3-4,7-8H2,1-2H3,(H,12,13,16). The van der Waals surface area contributed by atoms with Gasteiger partial charge < -0.3 is 5.32 Å². The summed E-state index contributed by atoms with van der Waals surface area (Å²) < 4.78 is 25.8. The number of piperidine rings is 1. The Morgan fingerprint density at radius 2 is 2.05 bits per heavy atom. The third-order valence-corrected chi connectivity index (χ3v) is 4.56. The molecule has 2 heterocycles. The van der Waals surface area contributed by atoms with Crippen molar-refractivity contribution < 1.29 is 13.2 Å². The summed E-state index contributed by atoms with van der Waals surface area (Å²) in [4.78, 5) is 12.0. The second-order valence-corrected chi connectivity index (χ2v) is 6.78. The first-order chi connectivity index (χ1) is 8.86. The number of sulfonamides is 1. The molecule has 8 heteroatoms. The topological polar surface area (TPSA) is 84.3 Å². The molecule has 2 rings (SSSR count). The zero-order valence-corrected chi connectivity index (χ0v) is 11.9. The molecule has 1 saturated heterocycles. The van der Waals surface area contributed by atoms with E-state index in [1.807, 2.05) is 0 Å². The normalized spacial score (nSPS) is 18.4. The van der Waals surface area contributed by atoms with E-state index in [2.05, 4.69) is 10.4 Å². The fourth-order valence-corrected chi connectivity index (χ4v) is 3.03. The van der Waals surface area contributed by atoms with Crippen molar-refractivity contribution in [2.45, 2.75) is 12.8 Å². The van der Waals surface area contributed by atoms with E-state index in [0.717, 1.165) is 0 Å². The van der Waals surface area contributed by atoms with Gasteiger partial charge in [-0.3, -0.25) is 9.48 Å². The van der Waals surface area contributed by atoms with Crippen LogP contribution in [0.15, 0.2) is 12.3 Å². The van der Waals surface area contributed by atoms with Crippen molar-refractivity contribution in [1.82, 2.24) is 14.1 Å². The predicted octanol–water partition coefficient (Wildman–Crippen LogP) is 0.0302. The first-order valence-corrected chi connectivity index (χ1v) is 7.97. The molecule has 19 heavy (non-hydrogen) atoms. The van der Waals surface area contributed by atoms with Gasteiger partial charge in [0.15, 0.2) is 5.82 Å². The molecule has 0 saturated carbocycles. The van der Waals surface area contributed by atoms with Crippen molar-refractivity contribution in [3.05, 3.63) is 12.3 Å². The Morgan fingerprint density at radius 3 is 2.53 bits per heavy atom. The fraction of sp³-hybridized carbons (Fsp3) is 0.636. The summed E-state index contributed by atoms with van der Waals surface area (Å²) in [6, 6.07) is 1.73. The van der Waals surface area contributed by atoms with E-state index >= 15 is 0 Å². The molecule has 1 amide bonds. The summed E-state index contributed by atoms with van der Waals surface area (Å²) in [5.41, 5.74) is 0. The molecular formula is C11H18N4O3S. The van der Waals surface area contributed by atoms with Gasteiger partial charge in [-0.05, 0) is 12.8 Å². The maximum atomic E-state index is 12.0. The van der Waals surface area contributed by atoms with Gasteiger partial charge in [-0.25, -0.2) is 12.7 Å². The van der Waals surface area contributed by atoms with E-state index in [-0.39, 0.29) is 11.8 Å². The molecule has 1 N–H and O–H groups in total. The Hall–Kier alpha value is -1.41. The van der Waals surface area contributed by atoms with Gasteiger partial charge in [0.1, 0.15) is 0 Å². The monoisotopic (exact) mass is 286 g/mol. The molecule has 0 aliphatic carbocycles. The molecule has 106 valence electrons. The zero-order valence-electron chi connectivity index (χ0n) is 11.0. The van der Waals surface area contributed by atoms with Crippen LogP contribution in [0.5, 0.6) is 0 Å². The van der Waals surface area contributed by atoms with Crippen molar-refractivity contribution >= 4 is 21.7 Å². The van der Waals surface area contributed by atoms with Gasteiger partial charge in [0, 0.05) is 38.3 Å². The highest BCUT2D eigenvalue weighted by atomic mass is 32.2. The van der Waals surface area contributed by atoms with Gasteiger partial charge >= 0.3 is 0 Å². The number of anilines is 1. The number of nitrogens with one attached hydrogen (secondary N) is 1. The second kappa shape index (κ2) is 5.30. The summed E-state index contributed by atoms with van der Waals surface area (Å²) in [6.07, 6.45) is 4.04. The van der Waals surface area contributed by atoms with Crippen molar-refractivity contribution in [1.29, 1.82) is 0 Å². The zero-order chi connectivity index (χ0) is 14.0. The number of carbonyl (C=O) groups excluding carboxylic acids is 1. The first-order valence-electron chi connectivity index (χ1n) is 6.12. The number of hydrogen-bond acceptors (Lipinski definition) is 4. The highest BCUT2D eigenvalue weighted by Crippen LogP contribution is 2.20. The van der Waals surface area contributed by atoms with Crippen LogP contribution in [0.25, 0.3) is 0 Å². The molecule has 1 fully saturated rings. The SMILES string of the molecule is Cn1ccc(NC(=O)C2CCN(S(C)(=O)=O)CC2)n1. The van der Waals surface area contributed by atoms with E-state index in [0.29, 0.717) is 31.7 Å². The van der Waals surface area contributed by atoms with Crippen LogP contribution in [0.4, 0.5) is 5.82 Å². The largest absolute Gasteiger partial charge is 0.309 e. The lowest BCUT2D eigenvalue weighted by molar-refractivity contribution is -0.120. The van der Waals surface area contributed by atoms with Gasteiger partial charge in [0.25, 0.3) is 0 Å². The summed E-state index contributed by atoms with van der Waals surface area (Å²) in [6.45, 7) is 0.804. The molecule has 1 aliphatic rings. The first kappa shape index (κ1) is 14.0. The average Bonchev–Trinajstić information content (AvgIpc) is 2.74. The number of amides is 1. The van der Waals surface area contributed by atoms with E-state index in [1.54, 1.807) is 24.0 Å². The van der Waals surface area contributed by atoms with Crippen LogP contribution in [0.2, 0.25) is 0 Å². The molecule has 0 aromatic carbocycles. The van der Waals surface area contributed by atoms with Gasteiger partial charge in [0.2, 0.25) is 15.9 Å². The average molecular weight is 286 g/mol. The van der Waals surface area contributed by atoms with Crippen LogP contribution < -0.4 is 5.32 Å². The van der Waals surface area contributed by atoms with Crippen LogP contribution in [0.1, 0.15) is 12.8 Å². The molecule has 0 spiro atoms. The summed E-state index contributed by atoms with van der Waals surface area (Å²) in [7, 11) is -1.37. The minimum Gasteiger partial charge on any atom is -0.309 e. The highest BCUT2D eigenvalue weighted by Gasteiger charge is 2.29. The number of aryl methyl sites for hydroxylation is 1. The predicted molar refractivity (Wildman–Crippen MR) is 71.0 cm³/mol. The minimum absolute atomic E-state index is 0.0909. The van der Waals surface area contributed by atoms with E-state index in [1.165, 1.54) is 10.6 Å². The highest BCUT2D eigenvalue weighted by molar-refractivity contribution is 7.88.